The molecule has 0 fully saturated rings. The summed E-state index contributed by atoms with van der Waals surface area (Å²) in [6.45, 7) is -1.53. The third-order valence-corrected chi connectivity index (χ3v) is 4.11. The van der Waals surface area contributed by atoms with Gasteiger partial charge in [-0.25, -0.2) is 0 Å². The first-order chi connectivity index (χ1) is 14.1. The number of anilines is 1. The van der Waals surface area contributed by atoms with Crippen LogP contribution >= 0.6 is 11.6 Å². The topological polar surface area (TPSA) is 61.7 Å². The fraction of sp³-hybridized carbons (Fsp3) is 0.250. The summed E-state index contributed by atoms with van der Waals surface area (Å²) in [6, 6.07) is 2.66. The van der Waals surface area contributed by atoms with Crippen molar-refractivity contribution in [2.24, 2.45) is 0 Å². The molecule has 0 aliphatic heterocycles. The molecule has 0 atom stereocenters. The summed E-state index contributed by atoms with van der Waals surface area (Å²) in [5.74, 6) is -1.29. The molecule has 2 heterocycles. The predicted octanol–water partition coefficient (Wildman–Crippen LogP) is 5.57. The zero-order valence-corrected chi connectivity index (χ0v) is 15.5. The first kappa shape index (κ1) is 22.8. The summed E-state index contributed by atoms with van der Waals surface area (Å²) in [6.07, 6.45) is -13.9. The molecule has 168 valence electrons. The van der Waals surface area contributed by atoms with E-state index < -0.39 is 64.1 Å². The molecule has 0 unspecified atom stereocenters. The first-order valence-electron chi connectivity index (χ1n) is 8.00. The maximum atomic E-state index is 13.5. The van der Waals surface area contributed by atoms with Crippen LogP contribution in [0, 0.1) is 0 Å². The molecule has 3 rings (SSSR count). The highest BCUT2D eigenvalue weighted by Crippen LogP contribution is 2.43. The van der Waals surface area contributed by atoms with Gasteiger partial charge in [0.2, 0.25) is 0 Å². The van der Waals surface area contributed by atoms with Crippen LogP contribution in [-0.2, 0) is 18.9 Å². The van der Waals surface area contributed by atoms with Gasteiger partial charge >= 0.3 is 18.5 Å². The van der Waals surface area contributed by atoms with Crippen molar-refractivity contribution in [2.45, 2.75) is 25.1 Å². The second kappa shape index (κ2) is 7.35. The summed E-state index contributed by atoms with van der Waals surface area (Å²) >= 11 is 5.64. The Kier molecular flexibility index (Phi) is 5.40. The van der Waals surface area contributed by atoms with E-state index in [2.05, 4.69) is 10.2 Å². The lowest BCUT2D eigenvalue weighted by atomic mass is 10.0. The van der Waals surface area contributed by atoms with Crippen molar-refractivity contribution in [1.82, 2.24) is 19.6 Å². The van der Waals surface area contributed by atoms with Gasteiger partial charge in [-0.2, -0.15) is 54.4 Å². The Balaban J connectivity index is 2.20. The highest BCUT2D eigenvalue weighted by molar-refractivity contribution is 6.31. The van der Waals surface area contributed by atoms with Gasteiger partial charge in [0, 0.05) is 17.3 Å². The van der Waals surface area contributed by atoms with Crippen molar-refractivity contribution >= 4 is 17.4 Å². The van der Waals surface area contributed by atoms with Crippen LogP contribution in [0.4, 0.5) is 45.3 Å². The van der Waals surface area contributed by atoms with E-state index in [1.807, 2.05) is 0 Å². The van der Waals surface area contributed by atoms with Crippen LogP contribution in [0.25, 0.3) is 16.9 Å². The molecule has 0 aliphatic carbocycles. The number of nitrogens with zero attached hydrogens (tertiary/aromatic N) is 4. The van der Waals surface area contributed by atoms with Gasteiger partial charge in [-0.15, -0.1) is 0 Å². The fourth-order valence-corrected chi connectivity index (χ4v) is 2.96. The highest BCUT2D eigenvalue weighted by Gasteiger charge is 2.41. The lowest BCUT2D eigenvalue weighted by molar-refractivity contribution is -0.142. The van der Waals surface area contributed by atoms with Crippen LogP contribution in [0.3, 0.4) is 0 Å². The molecular formula is C16H9ClF9N5. The first-order valence-corrected chi connectivity index (χ1v) is 8.38. The number of aromatic nitrogens is 4. The van der Waals surface area contributed by atoms with Gasteiger partial charge in [0.15, 0.2) is 11.5 Å². The van der Waals surface area contributed by atoms with E-state index in [0.29, 0.717) is 21.5 Å². The van der Waals surface area contributed by atoms with Crippen molar-refractivity contribution in [3.05, 3.63) is 46.7 Å². The zero-order valence-electron chi connectivity index (χ0n) is 14.7. The Morgan fingerprint density at radius 3 is 2.10 bits per heavy atom. The molecule has 0 radical (unpaired) electrons. The average Bonchev–Trinajstić information content (AvgIpc) is 3.15. The monoisotopic (exact) mass is 477 g/mol. The molecule has 0 bridgehead atoms. The van der Waals surface area contributed by atoms with Gasteiger partial charge < -0.3 is 5.73 Å². The smallest absolute Gasteiger partial charge is 0.383 e. The third-order valence-electron chi connectivity index (χ3n) is 3.89. The van der Waals surface area contributed by atoms with Crippen LogP contribution < -0.4 is 5.73 Å². The van der Waals surface area contributed by atoms with Gasteiger partial charge in [-0.05, 0) is 23.8 Å². The molecule has 2 N–H and O–H groups in total. The minimum Gasteiger partial charge on any atom is -0.383 e. The second-order valence-corrected chi connectivity index (χ2v) is 6.67. The van der Waals surface area contributed by atoms with Crippen molar-refractivity contribution in [3.8, 4) is 16.9 Å². The molecule has 0 spiro atoms. The van der Waals surface area contributed by atoms with Gasteiger partial charge in [0.05, 0.1) is 11.1 Å². The van der Waals surface area contributed by atoms with Crippen molar-refractivity contribution < 1.29 is 39.5 Å². The van der Waals surface area contributed by atoms with Crippen LogP contribution in [0.5, 0.6) is 0 Å². The van der Waals surface area contributed by atoms with Crippen LogP contribution in [0.1, 0.15) is 11.3 Å². The average molecular weight is 478 g/mol. The molecule has 2 aromatic heterocycles. The molecule has 0 saturated heterocycles. The standard InChI is InChI=1S/C16H9ClF9N5/c17-9-4-7(3-8(5-9)15(21,22)23)11-12(16(24,25)26)29-31(13(11)27)10-1-2-30(28-10)6-14(18,19)20/h1-5H,6,27H2. The SMILES string of the molecule is Nc1c(-c2cc(Cl)cc(C(F)(F)F)c2)c(C(F)(F)F)nn1-c1ccn(CC(F)(F)F)n1. The number of hydrogen-bond acceptors (Lipinski definition) is 3. The summed E-state index contributed by atoms with van der Waals surface area (Å²) in [5, 5.41) is 6.20. The lowest BCUT2D eigenvalue weighted by Crippen LogP contribution is -2.18. The summed E-state index contributed by atoms with van der Waals surface area (Å²) in [4.78, 5) is 0. The fourth-order valence-electron chi connectivity index (χ4n) is 2.72. The van der Waals surface area contributed by atoms with Gasteiger partial charge in [-0.1, -0.05) is 11.6 Å². The van der Waals surface area contributed by atoms with Gasteiger partial charge in [0.1, 0.15) is 12.4 Å². The zero-order chi connectivity index (χ0) is 23.4. The molecule has 0 saturated carbocycles. The van der Waals surface area contributed by atoms with Crippen LogP contribution in [0.2, 0.25) is 5.02 Å². The lowest BCUT2D eigenvalue weighted by Gasteiger charge is -2.11. The van der Waals surface area contributed by atoms with E-state index in [0.717, 1.165) is 18.3 Å². The van der Waals surface area contributed by atoms with Gasteiger partial charge in [-0.3, -0.25) is 4.68 Å². The van der Waals surface area contributed by atoms with Crippen molar-refractivity contribution in [1.29, 1.82) is 0 Å². The minimum atomic E-state index is -5.16. The summed E-state index contributed by atoms with van der Waals surface area (Å²) < 4.78 is 118. The third kappa shape index (κ3) is 4.89. The quantitative estimate of drug-likeness (QED) is 0.502. The molecular weight excluding hydrogens is 469 g/mol. The number of nitrogen functional groups attached to an aromatic ring is 1. The van der Waals surface area contributed by atoms with E-state index >= 15 is 0 Å². The van der Waals surface area contributed by atoms with E-state index in [9.17, 15) is 39.5 Å². The maximum absolute atomic E-state index is 13.5. The van der Waals surface area contributed by atoms with E-state index in [-0.39, 0.29) is 0 Å². The van der Waals surface area contributed by atoms with Crippen molar-refractivity contribution in [3.63, 3.8) is 0 Å². The Hall–Kier alpha value is -2.90. The van der Waals surface area contributed by atoms with Gasteiger partial charge in [0.25, 0.3) is 0 Å². The number of benzene rings is 1. The van der Waals surface area contributed by atoms with E-state index in [1.165, 1.54) is 0 Å². The van der Waals surface area contributed by atoms with E-state index in [4.69, 9.17) is 17.3 Å². The summed E-state index contributed by atoms with van der Waals surface area (Å²) in [5.41, 5.74) is 1.17. The number of rotatable bonds is 3. The summed E-state index contributed by atoms with van der Waals surface area (Å²) in [7, 11) is 0. The highest BCUT2D eigenvalue weighted by atomic mass is 35.5. The predicted molar refractivity (Wildman–Crippen MR) is 90.3 cm³/mol. The molecule has 0 aliphatic rings. The van der Waals surface area contributed by atoms with E-state index in [1.54, 1.807) is 0 Å². The Morgan fingerprint density at radius 1 is 0.903 bits per heavy atom. The Labute approximate surface area is 171 Å². The van der Waals surface area contributed by atoms with Crippen LogP contribution in [0.15, 0.2) is 30.5 Å². The number of hydrogen-bond donors (Lipinski definition) is 1. The minimum absolute atomic E-state index is 0.388. The normalized spacial score (nSPS) is 13.1. The molecule has 0 amide bonds. The van der Waals surface area contributed by atoms with Crippen LogP contribution in [-0.4, -0.2) is 25.7 Å². The largest absolute Gasteiger partial charge is 0.435 e. The molecule has 1 aromatic carbocycles. The molecule has 5 nitrogen and oxygen atoms in total. The molecule has 3 aromatic rings. The second-order valence-electron chi connectivity index (χ2n) is 6.23. The Morgan fingerprint density at radius 2 is 1.55 bits per heavy atom. The van der Waals surface area contributed by atoms with Crippen molar-refractivity contribution in [2.75, 3.05) is 5.73 Å². The maximum Gasteiger partial charge on any atom is 0.435 e. The molecule has 31 heavy (non-hydrogen) atoms. The molecule has 15 heteroatoms. The number of nitrogens with two attached hydrogens (primary N) is 1. The number of alkyl halides is 9. The Bertz CT molecular complexity index is 1110. The number of halogens is 10.